The fraction of sp³-hybridized carbons (Fsp3) is 0.0909. The van der Waals surface area contributed by atoms with Gasteiger partial charge in [-0.1, -0.05) is 0 Å². The minimum atomic E-state index is -0.405. The maximum atomic E-state index is 13.1. The Bertz CT molecular complexity index is 691. The van der Waals surface area contributed by atoms with Crippen molar-refractivity contribution in [2.24, 2.45) is 0 Å². The molecule has 0 bridgehead atoms. The molecule has 84 valence electrons. The van der Waals surface area contributed by atoms with E-state index in [1.807, 2.05) is 6.92 Å². The summed E-state index contributed by atoms with van der Waals surface area (Å²) in [6, 6.07) is 3.12. The molecule has 17 heavy (non-hydrogen) atoms. The zero-order chi connectivity index (χ0) is 11.8. The summed E-state index contributed by atoms with van der Waals surface area (Å²) in [6.45, 7) is 1.82. The van der Waals surface area contributed by atoms with Gasteiger partial charge in [0.25, 0.3) is 0 Å². The first-order valence-corrected chi connectivity index (χ1v) is 5.03. The average Bonchev–Trinajstić information content (AvgIpc) is 2.77. The Balaban J connectivity index is 2.23. The van der Waals surface area contributed by atoms with Crippen molar-refractivity contribution in [3.8, 4) is 11.4 Å². The van der Waals surface area contributed by atoms with E-state index in [-0.39, 0.29) is 0 Å². The van der Waals surface area contributed by atoms with Gasteiger partial charge in [0.2, 0.25) is 0 Å². The highest BCUT2D eigenvalue weighted by atomic mass is 19.1. The Morgan fingerprint density at radius 3 is 2.94 bits per heavy atom. The average molecular weight is 229 g/mol. The normalized spacial score (nSPS) is 10.9. The van der Waals surface area contributed by atoms with Gasteiger partial charge in [-0.25, -0.2) is 18.9 Å². The van der Waals surface area contributed by atoms with Crippen LogP contribution in [0.4, 0.5) is 4.39 Å². The summed E-state index contributed by atoms with van der Waals surface area (Å²) in [5, 5.41) is 4.07. The van der Waals surface area contributed by atoms with Crippen LogP contribution in [-0.2, 0) is 0 Å². The molecule has 0 amide bonds. The van der Waals surface area contributed by atoms with E-state index in [4.69, 9.17) is 0 Å². The van der Waals surface area contributed by atoms with Crippen molar-refractivity contribution in [2.75, 3.05) is 0 Å². The third-order valence-corrected chi connectivity index (χ3v) is 2.38. The second-order valence-corrected chi connectivity index (χ2v) is 3.59. The van der Waals surface area contributed by atoms with Crippen LogP contribution in [0.1, 0.15) is 5.82 Å². The fourth-order valence-corrected chi connectivity index (χ4v) is 1.63. The molecule has 0 aliphatic carbocycles. The molecule has 5 nitrogen and oxygen atoms in total. The minimum Gasteiger partial charge on any atom is -0.261 e. The summed E-state index contributed by atoms with van der Waals surface area (Å²) in [7, 11) is 0. The topological polar surface area (TPSA) is 56.0 Å². The molecule has 0 atom stereocenters. The molecular weight excluding hydrogens is 221 g/mol. The number of fused-ring (bicyclic) bond motifs is 1. The Morgan fingerprint density at radius 2 is 2.12 bits per heavy atom. The molecule has 3 rings (SSSR count). The SMILES string of the molecule is Cc1nc(-c2cncc(F)c2)nc2ccnn12. The molecule has 0 saturated carbocycles. The number of aryl methyl sites for hydroxylation is 1. The molecule has 0 saturated heterocycles. The van der Waals surface area contributed by atoms with E-state index in [9.17, 15) is 4.39 Å². The number of aromatic nitrogens is 5. The van der Waals surface area contributed by atoms with Crippen LogP contribution in [0.15, 0.2) is 30.7 Å². The van der Waals surface area contributed by atoms with Crippen molar-refractivity contribution < 1.29 is 4.39 Å². The Morgan fingerprint density at radius 1 is 1.24 bits per heavy atom. The monoisotopic (exact) mass is 229 g/mol. The predicted molar refractivity (Wildman–Crippen MR) is 58.7 cm³/mol. The Labute approximate surface area is 96.0 Å². The van der Waals surface area contributed by atoms with E-state index in [0.717, 1.165) is 6.20 Å². The van der Waals surface area contributed by atoms with Crippen molar-refractivity contribution in [1.29, 1.82) is 0 Å². The number of rotatable bonds is 1. The molecule has 0 aromatic carbocycles. The lowest BCUT2D eigenvalue weighted by Crippen LogP contribution is -2.02. The van der Waals surface area contributed by atoms with Crippen molar-refractivity contribution in [1.82, 2.24) is 24.6 Å². The maximum absolute atomic E-state index is 13.1. The highest BCUT2D eigenvalue weighted by Crippen LogP contribution is 2.15. The number of halogens is 1. The van der Waals surface area contributed by atoms with Gasteiger partial charge in [0.15, 0.2) is 11.5 Å². The van der Waals surface area contributed by atoms with Gasteiger partial charge < -0.3 is 0 Å². The smallest absolute Gasteiger partial charge is 0.165 e. The van der Waals surface area contributed by atoms with Crippen LogP contribution in [-0.4, -0.2) is 24.6 Å². The van der Waals surface area contributed by atoms with Gasteiger partial charge in [0, 0.05) is 17.8 Å². The highest BCUT2D eigenvalue weighted by Gasteiger charge is 2.07. The van der Waals surface area contributed by atoms with E-state index in [1.54, 1.807) is 16.8 Å². The lowest BCUT2D eigenvalue weighted by atomic mass is 10.2. The summed E-state index contributed by atoms with van der Waals surface area (Å²) < 4.78 is 14.7. The molecule has 0 N–H and O–H groups in total. The van der Waals surface area contributed by atoms with Gasteiger partial charge in [-0.3, -0.25) is 4.98 Å². The standard InChI is InChI=1S/C11H8FN5/c1-7-15-11(8-4-9(12)6-13-5-8)16-10-2-3-14-17(7)10/h2-6H,1H3. The van der Waals surface area contributed by atoms with E-state index in [1.165, 1.54) is 12.3 Å². The van der Waals surface area contributed by atoms with E-state index in [0.29, 0.717) is 22.9 Å². The third-order valence-electron chi connectivity index (χ3n) is 2.38. The Hall–Kier alpha value is -2.37. The second-order valence-electron chi connectivity index (χ2n) is 3.59. The van der Waals surface area contributed by atoms with Crippen LogP contribution < -0.4 is 0 Å². The number of nitrogens with zero attached hydrogens (tertiary/aromatic N) is 5. The molecule has 0 unspecified atom stereocenters. The quantitative estimate of drug-likeness (QED) is 0.636. The molecule has 3 aromatic rings. The van der Waals surface area contributed by atoms with E-state index < -0.39 is 5.82 Å². The first kappa shape index (κ1) is 9.83. The van der Waals surface area contributed by atoms with Crippen LogP contribution in [0.2, 0.25) is 0 Å². The first-order valence-electron chi connectivity index (χ1n) is 5.03. The number of hydrogen-bond acceptors (Lipinski definition) is 4. The second kappa shape index (κ2) is 3.58. The fourth-order valence-electron chi connectivity index (χ4n) is 1.63. The highest BCUT2D eigenvalue weighted by molar-refractivity contribution is 5.56. The van der Waals surface area contributed by atoms with Gasteiger partial charge in [0.05, 0.1) is 12.4 Å². The molecule has 3 heterocycles. The molecule has 3 aromatic heterocycles. The molecule has 0 radical (unpaired) electrons. The predicted octanol–water partition coefficient (Wildman–Crippen LogP) is 1.63. The van der Waals surface area contributed by atoms with E-state index >= 15 is 0 Å². The summed E-state index contributed by atoms with van der Waals surface area (Å²) >= 11 is 0. The van der Waals surface area contributed by atoms with Crippen molar-refractivity contribution in [2.45, 2.75) is 6.92 Å². The molecule has 0 spiro atoms. The van der Waals surface area contributed by atoms with Crippen molar-refractivity contribution in [3.05, 3.63) is 42.4 Å². The van der Waals surface area contributed by atoms with Gasteiger partial charge in [-0.05, 0) is 13.0 Å². The van der Waals surface area contributed by atoms with E-state index in [2.05, 4.69) is 20.1 Å². The molecular formula is C11H8FN5. The van der Waals surface area contributed by atoms with Crippen LogP contribution in [0.25, 0.3) is 17.0 Å². The van der Waals surface area contributed by atoms with Gasteiger partial charge >= 0.3 is 0 Å². The zero-order valence-corrected chi connectivity index (χ0v) is 9.00. The molecule has 6 heteroatoms. The van der Waals surface area contributed by atoms with Crippen molar-refractivity contribution in [3.63, 3.8) is 0 Å². The van der Waals surface area contributed by atoms with Gasteiger partial charge in [-0.15, -0.1) is 0 Å². The first-order chi connectivity index (χ1) is 8.24. The summed E-state index contributed by atoms with van der Waals surface area (Å²) in [5.41, 5.74) is 1.23. The van der Waals surface area contributed by atoms with Crippen LogP contribution >= 0.6 is 0 Å². The Kier molecular flexibility index (Phi) is 2.07. The lowest BCUT2D eigenvalue weighted by molar-refractivity contribution is 0.621. The minimum absolute atomic E-state index is 0.405. The van der Waals surface area contributed by atoms with Gasteiger partial charge in [0.1, 0.15) is 11.6 Å². The maximum Gasteiger partial charge on any atom is 0.165 e. The number of pyridine rings is 1. The zero-order valence-electron chi connectivity index (χ0n) is 9.00. The summed E-state index contributed by atoms with van der Waals surface area (Å²) in [6.07, 6.45) is 4.32. The van der Waals surface area contributed by atoms with Gasteiger partial charge in [-0.2, -0.15) is 5.10 Å². The van der Waals surface area contributed by atoms with Crippen molar-refractivity contribution >= 4 is 5.65 Å². The van der Waals surface area contributed by atoms with Crippen LogP contribution in [0, 0.1) is 12.7 Å². The largest absolute Gasteiger partial charge is 0.261 e. The van der Waals surface area contributed by atoms with Crippen LogP contribution in [0.5, 0.6) is 0 Å². The summed E-state index contributed by atoms with van der Waals surface area (Å²) in [4.78, 5) is 12.3. The molecule has 0 fully saturated rings. The van der Waals surface area contributed by atoms with Crippen LogP contribution in [0.3, 0.4) is 0 Å². The molecule has 0 aliphatic rings. The molecule has 0 aliphatic heterocycles. The number of hydrogen-bond donors (Lipinski definition) is 0. The summed E-state index contributed by atoms with van der Waals surface area (Å²) in [5.74, 6) is 0.735. The third kappa shape index (κ3) is 1.63. The lowest BCUT2D eigenvalue weighted by Gasteiger charge is -2.03.